The van der Waals surface area contributed by atoms with E-state index in [1.165, 1.54) is 0 Å². The van der Waals surface area contributed by atoms with Crippen LogP contribution in [0.1, 0.15) is 11.1 Å². The molecule has 1 aromatic rings. The molecule has 84 valence electrons. The molecule has 0 bridgehead atoms. The number of rotatable bonds is 4. The number of hydrogen-bond donors (Lipinski definition) is 3. The Morgan fingerprint density at radius 3 is 2.33 bits per heavy atom. The molecule has 0 amide bonds. The number of benzene rings is 1. The minimum atomic E-state index is -0.735. The summed E-state index contributed by atoms with van der Waals surface area (Å²) in [6.07, 6.45) is -0.735. The smallest absolute Gasteiger partial charge is 0.0942 e. The first-order valence-corrected chi connectivity index (χ1v) is 5.22. The predicted molar refractivity (Wildman–Crippen MR) is 62.5 cm³/mol. The Bertz CT molecular complexity index is 318. The van der Waals surface area contributed by atoms with Crippen LogP contribution in [0.3, 0.4) is 0 Å². The van der Waals surface area contributed by atoms with Crippen molar-refractivity contribution in [3.05, 3.63) is 28.3 Å². The number of nitrogens with one attached hydrogen (secondary N) is 1. The fourth-order valence-electron chi connectivity index (χ4n) is 1.35. The Balaban J connectivity index is 2.70. The Kier molecular flexibility index (Phi) is 4.39. The third kappa shape index (κ3) is 3.38. The van der Waals surface area contributed by atoms with Gasteiger partial charge in [0, 0.05) is 17.3 Å². The van der Waals surface area contributed by atoms with E-state index < -0.39 is 6.10 Å². The minimum Gasteiger partial charge on any atom is -0.394 e. The van der Waals surface area contributed by atoms with Gasteiger partial charge in [0.1, 0.15) is 0 Å². The van der Waals surface area contributed by atoms with Gasteiger partial charge in [0.25, 0.3) is 0 Å². The lowest BCUT2D eigenvalue weighted by molar-refractivity contribution is 0.105. The molecule has 1 aromatic carbocycles. The van der Waals surface area contributed by atoms with Crippen LogP contribution in [0.5, 0.6) is 0 Å². The second kappa shape index (κ2) is 5.35. The maximum Gasteiger partial charge on any atom is 0.0942 e. The van der Waals surface area contributed by atoms with Crippen LogP contribution in [0.2, 0.25) is 5.02 Å². The maximum atomic E-state index is 9.17. The van der Waals surface area contributed by atoms with Crippen LogP contribution in [0.25, 0.3) is 0 Å². The lowest BCUT2D eigenvalue weighted by Gasteiger charge is -2.12. The molecule has 1 unspecified atom stereocenters. The summed E-state index contributed by atoms with van der Waals surface area (Å²) in [6, 6.07) is 3.83. The summed E-state index contributed by atoms with van der Waals surface area (Å²) in [6.45, 7) is 3.96. The quantitative estimate of drug-likeness (QED) is 0.737. The standard InChI is InChI=1S/C11H16ClNO2/c1-7-3-9(4-8(2)11(7)12)13-5-10(15)6-14/h3-4,10,13-15H,5-6H2,1-2H3. The first kappa shape index (κ1) is 12.3. The second-order valence-electron chi connectivity index (χ2n) is 3.64. The summed E-state index contributed by atoms with van der Waals surface area (Å²) in [5.41, 5.74) is 2.90. The Labute approximate surface area is 94.7 Å². The molecule has 0 aromatic heterocycles. The Morgan fingerprint density at radius 2 is 1.87 bits per heavy atom. The van der Waals surface area contributed by atoms with E-state index in [9.17, 15) is 5.11 Å². The van der Waals surface area contributed by atoms with Crippen molar-refractivity contribution in [3.8, 4) is 0 Å². The van der Waals surface area contributed by atoms with Gasteiger partial charge in [0.2, 0.25) is 0 Å². The first-order chi connectivity index (χ1) is 7.04. The van der Waals surface area contributed by atoms with Gasteiger partial charge in [0.15, 0.2) is 0 Å². The molecule has 0 radical (unpaired) electrons. The lowest BCUT2D eigenvalue weighted by Crippen LogP contribution is -2.22. The van der Waals surface area contributed by atoms with E-state index >= 15 is 0 Å². The van der Waals surface area contributed by atoms with Crippen molar-refractivity contribution in [3.63, 3.8) is 0 Å². The topological polar surface area (TPSA) is 52.5 Å². The van der Waals surface area contributed by atoms with E-state index in [2.05, 4.69) is 5.32 Å². The van der Waals surface area contributed by atoms with Crippen LogP contribution in [-0.4, -0.2) is 29.5 Å². The van der Waals surface area contributed by atoms with Crippen molar-refractivity contribution in [2.45, 2.75) is 20.0 Å². The largest absolute Gasteiger partial charge is 0.394 e. The first-order valence-electron chi connectivity index (χ1n) is 4.84. The zero-order valence-corrected chi connectivity index (χ0v) is 9.67. The van der Waals surface area contributed by atoms with Crippen molar-refractivity contribution < 1.29 is 10.2 Å². The average molecular weight is 230 g/mol. The van der Waals surface area contributed by atoms with Crippen LogP contribution >= 0.6 is 11.6 Å². The van der Waals surface area contributed by atoms with Gasteiger partial charge >= 0.3 is 0 Å². The molecule has 0 aliphatic rings. The van der Waals surface area contributed by atoms with Crippen molar-refractivity contribution in [2.75, 3.05) is 18.5 Å². The Hall–Kier alpha value is -0.770. The number of hydrogen-bond acceptors (Lipinski definition) is 3. The van der Waals surface area contributed by atoms with Crippen molar-refractivity contribution in [2.24, 2.45) is 0 Å². The van der Waals surface area contributed by atoms with Crippen LogP contribution < -0.4 is 5.32 Å². The summed E-state index contributed by atoms with van der Waals surface area (Å²) >= 11 is 6.02. The molecule has 0 aliphatic heterocycles. The molecule has 4 heteroatoms. The van der Waals surface area contributed by atoms with E-state index in [-0.39, 0.29) is 6.61 Å². The Morgan fingerprint density at radius 1 is 1.33 bits per heavy atom. The van der Waals surface area contributed by atoms with Crippen molar-refractivity contribution in [1.29, 1.82) is 0 Å². The normalized spacial score (nSPS) is 12.6. The highest BCUT2D eigenvalue weighted by molar-refractivity contribution is 6.32. The summed E-state index contributed by atoms with van der Waals surface area (Å²) in [7, 11) is 0. The SMILES string of the molecule is Cc1cc(NCC(O)CO)cc(C)c1Cl. The van der Waals surface area contributed by atoms with Gasteiger partial charge in [-0.15, -0.1) is 0 Å². The molecule has 3 nitrogen and oxygen atoms in total. The van der Waals surface area contributed by atoms with Gasteiger partial charge in [-0.05, 0) is 37.1 Å². The van der Waals surface area contributed by atoms with Crippen LogP contribution in [0, 0.1) is 13.8 Å². The fourth-order valence-corrected chi connectivity index (χ4v) is 1.46. The maximum absolute atomic E-state index is 9.17. The van der Waals surface area contributed by atoms with Gasteiger partial charge in [-0.25, -0.2) is 0 Å². The highest BCUT2D eigenvalue weighted by Crippen LogP contribution is 2.24. The average Bonchev–Trinajstić information content (AvgIpc) is 2.22. The molecule has 0 fully saturated rings. The number of anilines is 1. The molecule has 0 spiro atoms. The number of aliphatic hydroxyl groups is 2. The summed E-state index contributed by atoms with van der Waals surface area (Å²) in [5, 5.41) is 21.6. The van der Waals surface area contributed by atoms with Crippen LogP contribution in [0.15, 0.2) is 12.1 Å². The van der Waals surface area contributed by atoms with E-state index in [0.29, 0.717) is 6.54 Å². The molecule has 0 heterocycles. The zero-order chi connectivity index (χ0) is 11.4. The number of aliphatic hydroxyl groups excluding tert-OH is 2. The van der Waals surface area contributed by atoms with Gasteiger partial charge in [-0.2, -0.15) is 0 Å². The second-order valence-corrected chi connectivity index (χ2v) is 4.02. The van der Waals surface area contributed by atoms with Gasteiger partial charge in [-0.3, -0.25) is 0 Å². The summed E-state index contributed by atoms with van der Waals surface area (Å²) in [4.78, 5) is 0. The van der Waals surface area contributed by atoms with Crippen molar-refractivity contribution in [1.82, 2.24) is 0 Å². The van der Waals surface area contributed by atoms with Crippen LogP contribution in [0.4, 0.5) is 5.69 Å². The summed E-state index contributed by atoms with van der Waals surface area (Å²) in [5.74, 6) is 0. The molecule has 0 aliphatic carbocycles. The van der Waals surface area contributed by atoms with Gasteiger partial charge in [0.05, 0.1) is 12.7 Å². The fraction of sp³-hybridized carbons (Fsp3) is 0.455. The van der Waals surface area contributed by atoms with Crippen molar-refractivity contribution >= 4 is 17.3 Å². The molecule has 3 N–H and O–H groups in total. The predicted octanol–water partition coefficient (Wildman–Crippen LogP) is 1.72. The molecule has 0 saturated heterocycles. The molecule has 15 heavy (non-hydrogen) atoms. The van der Waals surface area contributed by atoms with Crippen LogP contribution in [-0.2, 0) is 0 Å². The molecule has 1 atom stereocenters. The summed E-state index contributed by atoms with van der Waals surface area (Å²) < 4.78 is 0. The third-order valence-corrected chi connectivity index (χ3v) is 2.79. The van der Waals surface area contributed by atoms with E-state index in [1.54, 1.807) is 0 Å². The highest BCUT2D eigenvalue weighted by Gasteiger charge is 2.04. The van der Waals surface area contributed by atoms with Gasteiger partial charge in [-0.1, -0.05) is 11.6 Å². The molecular weight excluding hydrogens is 214 g/mol. The zero-order valence-electron chi connectivity index (χ0n) is 8.92. The molecule has 1 rings (SSSR count). The molecular formula is C11H16ClNO2. The van der Waals surface area contributed by atoms with E-state index in [1.807, 2.05) is 26.0 Å². The van der Waals surface area contributed by atoms with E-state index in [4.69, 9.17) is 16.7 Å². The number of halogens is 1. The molecule has 0 saturated carbocycles. The lowest BCUT2D eigenvalue weighted by atomic mass is 10.1. The number of aryl methyl sites for hydroxylation is 2. The van der Waals surface area contributed by atoms with Gasteiger partial charge < -0.3 is 15.5 Å². The third-order valence-electron chi connectivity index (χ3n) is 2.19. The highest BCUT2D eigenvalue weighted by atomic mass is 35.5. The van der Waals surface area contributed by atoms with E-state index in [0.717, 1.165) is 21.8 Å². The monoisotopic (exact) mass is 229 g/mol. The minimum absolute atomic E-state index is 0.238.